The smallest absolute Gasteiger partial charge is 0.0542 e. The molecule has 0 N–H and O–H groups in total. The quantitative estimate of drug-likeness (QED) is 0.191. The predicted octanol–water partition coefficient (Wildman–Crippen LogP) is 11.0. The molecule has 6 aromatic rings. The number of hydrogen-bond acceptors (Lipinski definition) is 2. The van der Waals surface area contributed by atoms with Gasteiger partial charge < -0.3 is 0 Å². The molecule has 2 heteroatoms. The first kappa shape index (κ1) is 21.8. The second kappa shape index (κ2) is 9.52. The average Bonchev–Trinajstić information content (AvgIpc) is 3.41. The molecule has 0 aliphatic heterocycles. The minimum atomic E-state index is 1.20. The molecule has 0 atom stereocenters. The highest BCUT2D eigenvalue weighted by atomic mass is 32.1. The fourth-order valence-electron chi connectivity index (χ4n) is 5.12. The van der Waals surface area contributed by atoms with Gasteiger partial charge in [-0.1, -0.05) is 99.7 Å². The first-order valence-corrected chi connectivity index (χ1v) is 14.3. The van der Waals surface area contributed by atoms with Gasteiger partial charge >= 0.3 is 0 Å². The summed E-state index contributed by atoms with van der Waals surface area (Å²) in [5, 5.41) is 5.48. The van der Waals surface area contributed by atoms with Crippen LogP contribution in [0.1, 0.15) is 51.0 Å². The van der Waals surface area contributed by atoms with Crippen molar-refractivity contribution in [3.63, 3.8) is 0 Å². The Balaban J connectivity index is 1.25. The van der Waals surface area contributed by atoms with Crippen molar-refractivity contribution in [1.29, 1.82) is 0 Å². The van der Waals surface area contributed by atoms with Crippen LogP contribution >= 0.6 is 22.7 Å². The third-order valence-corrected chi connectivity index (χ3v) is 9.56. The van der Waals surface area contributed by atoms with Crippen LogP contribution in [0.25, 0.3) is 51.5 Å². The molecule has 0 bridgehead atoms. The maximum Gasteiger partial charge on any atom is 0.0542 e. The molecule has 4 aromatic carbocycles. The van der Waals surface area contributed by atoms with E-state index in [1.807, 2.05) is 22.7 Å². The molecule has 0 nitrogen and oxygen atoms in total. The second-order valence-electron chi connectivity index (χ2n) is 9.48. The van der Waals surface area contributed by atoms with Gasteiger partial charge in [-0.05, 0) is 58.5 Å². The fourth-order valence-corrected chi connectivity index (χ4v) is 7.82. The summed E-state index contributed by atoms with van der Waals surface area (Å²) in [6.45, 7) is 2.28. The van der Waals surface area contributed by atoms with Crippen LogP contribution in [0.4, 0.5) is 0 Å². The van der Waals surface area contributed by atoms with Gasteiger partial charge in [0.1, 0.15) is 0 Å². The molecular weight excluding hydrogens is 448 g/mol. The Labute approximate surface area is 209 Å². The van der Waals surface area contributed by atoms with Crippen LogP contribution in [0.5, 0.6) is 0 Å². The molecule has 2 heterocycles. The van der Waals surface area contributed by atoms with Crippen molar-refractivity contribution in [3.05, 3.63) is 84.4 Å². The topological polar surface area (TPSA) is 0 Å². The number of rotatable bonds is 8. The van der Waals surface area contributed by atoms with Crippen LogP contribution in [-0.2, 0) is 6.42 Å². The van der Waals surface area contributed by atoms with E-state index in [0.717, 1.165) is 0 Å². The van der Waals surface area contributed by atoms with E-state index in [4.69, 9.17) is 0 Å². The molecule has 0 radical (unpaired) electrons. The zero-order valence-corrected chi connectivity index (χ0v) is 21.4. The van der Waals surface area contributed by atoms with Gasteiger partial charge in [0.15, 0.2) is 0 Å². The molecule has 170 valence electrons. The van der Waals surface area contributed by atoms with Gasteiger partial charge in [-0.2, -0.15) is 0 Å². The maximum absolute atomic E-state index is 2.40. The van der Waals surface area contributed by atoms with Crippen LogP contribution in [0.15, 0.2) is 78.9 Å². The fraction of sp³-hybridized carbons (Fsp3) is 0.250. The molecule has 0 amide bonds. The van der Waals surface area contributed by atoms with E-state index in [-0.39, 0.29) is 0 Å². The van der Waals surface area contributed by atoms with Crippen molar-refractivity contribution in [3.8, 4) is 11.1 Å². The van der Waals surface area contributed by atoms with Crippen LogP contribution in [0.2, 0.25) is 0 Å². The first-order chi connectivity index (χ1) is 16.8. The molecule has 0 aliphatic carbocycles. The minimum absolute atomic E-state index is 1.20. The lowest BCUT2D eigenvalue weighted by Crippen LogP contribution is -1.87. The van der Waals surface area contributed by atoms with E-state index in [1.165, 1.54) is 102 Å². The highest BCUT2D eigenvalue weighted by Gasteiger charge is 2.12. The van der Waals surface area contributed by atoms with Gasteiger partial charge in [0.05, 0.1) is 9.40 Å². The molecule has 0 saturated heterocycles. The summed E-state index contributed by atoms with van der Waals surface area (Å²) in [5.74, 6) is 0. The standard InChI is InChI=1S/C32H30S2/c1-2-3-4-5-6-7-10-22-13-14-24-20-25(16-15-23(24)19-22)26-17-18-28-30(21-26)34-31-27-11-8-9-12-29(27)33-32(28)31/h8-9,11-21H,2-7,10H2,1H3. The lowest BCUT2D eigenvalue weighted by Gasteiger charge is -2.07. The van der Waals surface area contributed by atoms with Gasteiger partial charge in [0.2, 0.25) is 0 Å². The largest absolute Gasteiger partial charge is 0.134 e. The predicted molar refractivity (Wildman–Crippen MR) is 155 cm³/mol. The van der Waals surface area contributed by atoms with E-state index >= 15 is 0 Å². The summed E-state index contributed by atoms with van der Waals surface area (Å²) in [4.78, 5) is 0. The third kappa shape index (κ3) is 4.15. The van der Waals surface area contributed by atoms with Crippen LogP contribution < -0.4 is 0 Å². The summed E-state index contributed by atoms with van der Waals surface area (Å²) >= 11 is 3.86. The molecule has 0 aliphatic rings. The van der Waals surface area contributed by atoms with Gasteiger partial charge in [-0.15, -0.1) is 22.7 Å². The Bertz CT molecular complexity index is 1600. The second-order valence-corrected chi connectivity index (χ2v) is 11.6. The monoisotopic (exact) mass is 478 g/mol. The van der Waals surface area contributed by atoms with E-state index < -0.39 is 0 Å². The molecule has 34 heavy (non-hydrogen) atoms. The van der Waals surface area contributed by atoms with Gasteiger partial charge in [0.25, 0.3) is 0 Å². The number of thiophene rings is 2. The molecular formula is C32H30S2. The van der Waals surface area contributed by atoms with Crippen molar-refractivity contribution >= 4 is 63.0 Å². The minimum Gasteiger partial charge on any atom is -0.134 e. The molecule has 0 unspecified atom stereocenters. The number of hydrogen-bond donors (Lipinski definition) is 0. The molecule has 0 fully saturated rings. The van der Waals surface area contributed by atoms with Gasteiger partial charge in [-0.3, -0.25) is 0 Å². The van der Waals surface area contributed by atoms with Crippen molar-refractivity contribution < 1.29 is 0 Å². The third-order valence-electron chi connectivity index (χ3n) is 7.05. The van der Waals surface area contributed by atoms with Crippen LogP contribution in [0.3, 0.4) is 0 Å². The number of unbranched alkanes of at least 4 members (excludes halogenated alkanes) is 5. The van der Waals surface area contributed by atoms with E-state index in [9.17, 15) is 0 Å². The summed E-state index contributed by atoms with van der Waals surface area (Å²) in [5.41, 5.74) is 4.09. The van der Waals surface area contributed by atoms with E-state index in [2.05, 4.69) is 85.8 Å². The number of benzene rings is 4. The van der Waals surface area contributed by atoms with Gasteiger partial charge in [-0.25, -0.2) is 0 Å². The van der Waals surface area contributed by atoms with E-state index in [0.29, 0.717) is 0 Å². The van der Waals surface area contributed by atoms with Crippen molar-refractivity contribution in [2.24, 2.45) is 0 Å². The van der Waals surface area contributed by atoms with E-state index in [1.54, 1.807) is 0 Å². The Morgan fingerprint density at radius 1 is 0.559 bits per heavy atom. The zero-order chi connectivity index (χ0) is 22.9. The summed E-state index contributed by atoms with van der Waals surface area (Å²) in [6, 6.07) is 29.8. The molecule has 6 rings (SSSR count). The molecule has 2 aromatic heterocycles. The zero-order valence-electron chi connectivity index (χ0n) is 19.8. The van der Waals surface area contributed by atoms with Crippen LogP contribution in [-0.4, -0.2) is 0 Å². The average molecular weight is 479 g/mol. The Hall–Kier alpha value is -2.68. The summed E-state index contributed by atoms with van der Waals surface area (Å²) in [6.07, 6.45) is 9.34. The molecule has 0 saturated carbocycles. The normalized spacial score (nSPS) is 11.9. The van der Waals surface area contributed by atoms with Crippen LogP contribution in [0, 0.1) is 0 Å². The lowest BCUT2D eigenvalue weighted by molar-refractivity contribution is 0.607. The first-order valence-electron chi connectivity index (χ1n) is 12.7. The number of aryl methyl sites for hydroxylation is 1. The SMILES string of the molecule is CCCCCCCCc1ccc2cc(-c3ccc4c(c3)sc3c5ccccc5sc43)ccc2c1. The highest BCUT2D eigenvalue weighted by Crippen LogP contribution is 2.45. The molecule has 0 spiro atoms. The van der Waals surface area contributed by atoms with Gasteiger partial charge in [0, 0.05) is 20.2 Å². The van der Waals surface area contributed by atoms with Crippen molar-refractivity contribution in [1.82, 2.24) is 0 Å². The van der Waals surface area contributed by atoms with Crippen molar-refractivity contribution in [2.45, 2.75) is 51.9 Å². The Morgan fingerprint density at radius 3 is 2.15 bits per heavy atom. The number of fused-ring (bicyclic) bond motifs is 6. The summed E-state index contributed by atoms with van der Waals surface area (Å²) < 4.78 is 5.65. The summed E-state index contributed by atoms with van der Waals surface area (Å²) in [7, 11) is 0. The Kier molecular flexibility index (Phi) is 6.11. The maximum atomic E-state index is 2.40. The Morgan fingerprint density at radius 2 is 1.24 bits per heavy atom. The van der Waals surface area contributed by atoms with Crippen molar-refractivity contribution in [2.75, 3.05) is 0 Å². The lowest BCUT2D eigenvalue weighted by atomic mass is 9.98. The highest BCUT2D eigenvalue weighted by molar-refractivity contribution is 7.36.